The minimum Gasteiger partial charge on any atom is -0.393 e. The number of aliphatic hydroxyl groups excluding tert-OH is 1. The fourth-order valence-corrected chi connectivity index (χ4v) is 5.57. The third kappa shape index (κ3) is 1.56. The number of Topliss-reactive ketones (excluding diaryl/α,β-unsaturated/α-hetero) is 1. The molecule has 0 aromatic rings. The molecule has 0 spiro atoms. The van der Waals surface area contributed by atoms with Gasteiger partial charge in [0.25, 0.3) is 5.91 Å². The molecule has 124 valence electrons. The summed E-state index contributed by atoms with van der Waals surface area (Å²) < 4.78 is 5.43. The van der Waals surface area contributed by atoms with Gasteiger partial charge in [-0.3, -0.25) is 9.59 Å². The Balaban J connectivity index is 2.16. The molecular formula is C17H27NO4. The molecule has 1 aliphatic carbocycles. The number of carbonyl (C=O) groups is 2. The van der Waals surface area contributed by atoms with Crippen LogP contribution in [0.1, 0.15) is 47.5 Å². The molecule has 0 radical (unpaired) electrons. The van der Waals surface area contributed by atoms with Gasteiger partial charge in [0.1, 0.15) is 0 Å². The number of rotatable bonds is 1. The lowest BCUT2D eigenvalue weighted by Gasteiger charge is -2.69. The quantitative estimate of drug-likeness (QED) is 0.743. The molecule has 5 heteroatoms. The summed E-state index contributed by atoms with van der Waals surface area (Å²) in [5.41, 5.74) is -1.76. The van der Waals surface area contributed by atoms with Gasteiger partial charge in [-0.2, -0.15) is 0 Å². The van der Waals surface area contributed by atoms with Crippen molar-refractivity contribution in [3.05, 3.63) is 0 Å². The summed E-state index contributed by atoms with van der Waals surface area (Å²) in [6.07, 6.45) is 0.329. The lowest BCUT2D eigenvalue weighted by atomic mass is 9.45. The molecular weight excluding hydrogens is 282 g/mol. The van der Waals surface area contributed by atoms with Crippen LogP contribution in [0.4, 0.5) is 0 Å². The van der Waals surface area contributed by atoms with Crippen molar-refractivity contribution in [1.29, 1.82) is 0 Å². The van der Waals surface area contributed by atoms with Gasteiger partial charge >= 0.3 is 0 Å². The van der Waals surface area contributed by atoms with Gasteiger partial charge in [-0.05, 0) is 32.1 Å². The third-order valence-corrected chi connectivity index (χ3v) is 6.65. The molecule has 3 fully saturated rings. The first-order valence-corrected chi connectivity index (χ1v) is 8.10. The number of methoxy groups -OCH3 is 1. The molecule has 5 nitrogen and oxygen atoms in total. The Bertz CT molecular complexity index is 541. The Labute approximate surface area is 132 Å². The van der Waals surface area contributed by atoms with Crippen molar-refractivity contribution in [2.45, 2.75) is 71.2 Å². The van der Waals surface area contributed by atoms with Crippen molar-refractivity contribution in [1.82, 2.24) is 4.90 Å². The second-order valence-electron chi connectivity index (χ2n) is 8.51. The number of ketones is 1. The molecule has 0 aromatic carbocycles. The molecule has 3 aliphatic rings. The smallest absolute Gasteiger partial charge is 0.255 e. The summed E-state index contributed by atoms with van der Waals surface area (Å²) in [4.78, 5) is 27.4. The molecule has 1 N–H and O–H groups in total. The van der Waals surface area contributed by atoms with Crippen molar-refractivity contribution < 1.29 is 19.4 Å². The van der Waals surface area contributed by atoms with Crippen molar-refractivity contribution in [2.75, 3.05) is 7.11 Å². The van der Waals surface area contributed by atoms with E-state index in [1.807, 2.05) is 34.6 Å². The number of β-lactam (4-membered cyclic amide) rings is 1. The van der Waals surface area contributed by atoms with Gasteiger partial charge in [0.05, 0.1) is 17.7 Å². The highest BCUT2D eigenvalue weighted by Crippen LogP contribution is 2.61. The standard InChI is InChI=1S/C17H27NO4/c1-15(2)9(19)7-8-17(5)12(15)10-11(22-6)13(20)18(10)16(3,4)14(17)21/h9-12,19H,7-8H2,1-6H3/t9?,10-,11-,12-,17+/m0/s1. The van der Waals surface area contributed by atoms with E-state index in [1.165, 1.54) is 0 Å². The van der Waals surface area contributed by atoms with Crippen LogP contribution in [0.15, 0.2) is 0 Å². The molecule has 1 unspecified atom stereocenters. The number of hydrogen-bond donors (Lipinski definition) is 1. The third-order valence-electron chi connectivity index (χ3n) is 6.65. The summed E-state index contributed by atoms with van der Waals surface area (Å²) in [6, 6.07) is -0.139. The number of nitrogens with zero attached hydrogens (tertiary/aromatic N) is 1. The van der Waals surface area contributed by atoms with Crippen molar-refractivity contribution in [3.63, 3.8) is 0 Å². The number of hydrogen-bond acceptors (Lipinski definition) is 4. The fraction of sp³-hybridized carbons (Fsp3) is 0.882. The average molecular weight is 309 g/mol. The average Bonchev–Trinajstić information content (AvgIpc) is 2.40. The Hall–Kier alpha value is -0.940. The summed E-state index contributed by atoms with van der Waals surface area (Å²) in [7, 11) is 1.55. The highest BCUT2D eigenvalue weighted by molar-refractivity contribution is 6.02. The van der Waals surface area contributed by atoms with Gasteiger partial charge < -0.3 is 14.7 Å². The molecule has 0 bridgehead atoms. The Morgan fingerprint density at radius 3 is 2.32 bits per heavy atom. The van der Waals surface area contributed by atoms with Crippen LogP contribution in [-0.4, -0.2) is 52.6 Å². The summed E-state index contributed by atoms with van der Waals surface area (Å²) in [5, 5.41) is 10.5. The lowest BCUT2D eigenvalue weighted by molar-refractivity contribution is -0.236. The van der Waals surface area contributed by atoms with Crippen LogP contribution in [0.5, 0.6) is 0 Å². The monoisotopic (exact) mass is 309 g/mol. The topological polar surface area (TPSA) is 66.8 Å². The SMILES string of the molecule is CO[C@@H]1C(=O)N2[C@@H]1[C@H]1C(C)(C)C(O)CC[C@@]1(C)C(=O)C2(C)C. The zero-order valence-corrected chi connectivity index (χ0v) is 14.3. The van der Waals surface area contributed by atoms with Gasteiger partial charge in [-0.25, -0.2) is 0 Å². The summed E-state index contributed by atoms with van der Waals surface area (Å²) in [6.45, 7) is 9.72. The van der Waals surface area contributed by atoms with E-state index < -0.39 is 28.6 Å². The number of ether oxygens (including phenoxy) is 1. The Morgan fingerprint density at radius 2 is 1.77 bits per heavy atom. The zero-order chi connectivity index (χ0) is 16.7. The highest BCUT2D eigenvalue weighted by atomic mass is 16.5. The maximum absolute atomic E-state index is 13.2. The van der Waals surface area contributed by atoms with Gasteiger partial charge in [0, 0.05) is 18.4 Å². The predicted molar refractivity (Wildman–Crippen MR) is 81.1 cm³/mol. The fourth-order valence-electron chi connectivity index (χ4n) is 5.57. The van der Waals surface area contributed by atoms with E-state index in [1.54, 1.807) is 12.0 Å². The van der Waals surface area contributed by atoms with Crippen molar-refractivity contribution in [3.8, 4) is 0 Å². The van der Waals surface area contributed by atoms with Gasteiger partial charge in [0.15, 0.2) is 11.9 Å². The number of carbonyl (C=O) groups excluding carboxylic acids is 2. The Kier molecular flexibility index (Phi) is 3.13. The molecule has 0 aromatic heterocycles. The molecule has 2 heterocycles. The second-order valence-corrected chi connectivity index (χ2v) is 8.51. The number of aliphatic hydroxyl groups is 1. The largest absolute Gasteiger partial charge is 0.393 e. The molecule has 1 amide bonds. The van der Waals surface area contributed by atoms with Crippen LogP contribution < -0.4 is 0 Å². The van der Waals surface area contributed by atoms with E-state index in [2.05, 4.69) is 0 Å². The molecule has 2 saturated heterocycles. The normalized spacial score (nSPS) is 45.9. The first kappa shape index (κ1) is 15.9. The van der Waals surface area contributed by atoms with E-state index in [0.717, 1.165) is 0 Å². The summed E-state index contributed by atoms with van der Waals surface area (Å²) >= 11 is 0. The number of fused-ring (bicyclic) bond motifs is 3. The van der Waals surface area contributed by atoms with Crippen LogP contribution >= 0.6 is 0 Å². The van der Waals surface area contributed by atoms with E-state index in [4.69, 9.17) is 4.74 Å². The minimum absolute atomic E-state index is 0.0908. The van der Waals surface area contributed by atoms with Crippen LogP contribution in [0, 0.1) is 16.7 Å². The van der Waals surface area contributed by atoms with Gasteiger partial charge in [-0.1, -0.05) is 20.8 Å². The van der Waals surface area contributed by atoms with E-state index in [0.29, 0.717) is 12.8 Å². The van der Waals surface area contributed by atoms with Crippen LogP contribution in [0.2, 0.25) is 0 Å². The maximum Gasteiger partial charge on any atom is 0.255 e. The molecule has 3 rings (SSSR count). The molecule has 1 saturated carbocycles. The van der Waals surface area contributed by atoms with Crippen molar-refractivity contribution >= 4 is 11.7 Å². The Morgan fingerprint density at radius 1 is 1.18 bits per heavy atom. The van der Waals surface area contributed by atoms with Crippen LogP contribution in [-0.2, 0) is 14.3 Å². The molecule has 22 heavy (non-hydrogen) atoms. The number of piperidine rings is 1. The zero-order valence-electron chi connectivity index (χ0n) is 14.3. The van der Waals surface area contributed by atoms with Gasteiger partial charge in [0.2, 0.25) is 0 Å². The minimum atomic E-state index is -0.805. The summed E-state index contributed by atoms with van der Waals surface area (Å²) in [5.74, 6) is -0.0835. The first-order valence-electron chi connectivity index (χ1n) is 8.10. The van der Waals surface area contributed by atoms with E-state index >= 15 is 0 Å². The van der Waals surface area contributed by atoms with E-state index in [9.17, 15) is 14.7 Å². The lowest BCUT2D eigenvalue weighted by Crippen LogP contribution is -2.84. The van der Waals surface area contributed by atoms with Crippen molar-refractivity contribution in [2.24, 2.45) is 16.7 Å². The van der Waals surface area contributed by atoms with Crippen LogP contribution in [0.25, 0.3) is 0 Å². The maximum atomic E-state index is 13.2. The first-order chi connectivity index (χ1) is 10.0. The molecule has 5 atom stereocenters. The number of amides is 1. The predicted octanol–water partition coefficient (Wildman–Crippen LogP) is 1.38. The molecule has 2 aliphatic heterocycles. The highest BCUT2D eigenvalue weighted by Gasteiger charge is 2.72. The van der Waals surface area contributed by atoms with Gasteiger partial charge in [-0.15, -0.1) is 0 Å². The second kappa shape index (κ2) is 4.32. The van der Waals surface area contributed by atoms with Crippen LogP contribution in [0.3, 0.4) is 0 Å². The van der Waals surface area contributed by atoms with E-state index in [-0.39, 0.29) is 23.7 Å².